The topological polar surface area (TPSA) is 56.4 Å². The molecule has 34 heavy (non-hydrogen) atoms. The number of piperazine rings is 1. The van der Waals surface area contributed by atoms with Gasteiger partial charge in [-0.15, -0.1) is 0 Å². The average Bonchev–Trinajstić information content (AvgIpc) is 3.24. The predicted molar refractivity (Wildman–Crippen MR) is 128 cm³/mol. The van der Waals surface area contributed by atoms with Crippen molar-refractivity contribution in [3.05, 3.63) is 107 Å². The largest absolute Gasteiger partial charge is 0.356 e. The number of carbonyl (C=O) groups is 2. The van der Waals surface area contributed by atoms with Crippen molar-refractivity contribution in [1.82, 2.24) is 14.8 Å². The lowest BCUT2D eigenvalue weighted by Gasteiger charge is -2.47. The van der Waals surface area contributed by atoms with Gasteiger partial charge in [0.1, 0.15) is 11.9 Å². The zero-order chi connectivity index (χ0) is 23.2. The van der Waals surface area contributed by atoms with Gasteiger partial charge in [-0.2, -0.15) is 0 Å². The Kier molecular flexibility index (Phi) is 4.94. The van der Waals surface area contributed by atoms with E-state index in [1.165, 1.54) is 12.1 Å². The summed E-state index contributed by atoms with van der Waals surface area (Å²) in [4.78, 5) is 34.2. The first-order valence-electron chi connectivity index (χ1n) is 11.6. The highest BCUT2D eigenvalue weighted by Gasteiger charge is 2.48. The molecule has 2 amide bonds. The summed E-state index contributed by atoms with van der Waals surface area (Å²) >= 11 is 0. The summed E-state index contributed by atoms with van der Waals surface area (Å²) in [6.45, 7) is 0.479. The summed E-state index contributed by atoms with van der Waals surface area (Å²) in [5.41, 5.74) is 5.04. The molecule has 3 aromatic carbocycles. The van der Waals surface area contributed by atoms with E-state index in [-0.39, 0.29) is 30.2 Å². The van der Waals surface area contributed by atoms with E-state index in [4.69, 9.17) is 0 Å². The van der Waals surface area contributed by atoms with Crippen molar-refractivity contribution >= 4 is 22.7 Å². The lowest BCUT2D eigenvalue weighted by Crippen LogP contribution is -2.63. The van der Waals surface area contributed by atoms with Crippen molar-refractivity contribution in [3.8, 4) is 0 Å². The second kappa shape index (κ2) is 8.13. The Bertz CT molecular complexity index is 1380. The number of carbonyl (C=O) groups excluding carboxylic acids is 2. The SMILES string of the molecule is O=C1C2Cc3c([nH]c4ccccc34)C(c3ccccc3)N2C(=O)CN1CCc1ccc(F)cc1. The van der Waals surface area contributed by atoms with E-state index >= 15 is 0 Å². The van der Waals surface area contributed by atoms with E-state index in [2.05, 4.69) is 11.1 Å². The van der Waals surface area contributed by atoms with Gasteiger partial charge in [0.15, 0.2) is 0 Å². The third-order valence-electron chi connectivity index (χ3n) is 7.04. The number of benzene rings is 3. The number of hydrogen-bond acceptors (Lipinski definition) is 2. The molecule has 1 N–H and O–H groups in total. The zero-order valence-corrected chi connectivity index (χ0v) is 18.6. The number of para-hydroxylation sites is 1. The molecular weight excluding hydrogens is 429 g/mol. The molecule has 3 heterocycles. The molecule has 2 atom stereocenters. The van der Waals surface area contributed by atoms with E-state index in [1.807, 2.05) is 48.5 Å². The summed E-state index contributed by atoms with van der Waals surface area (Å²) in [6, 6.07) is 23.4. The van der Waals surface area contributed by atoms with E-state index in [9.17, 15) is 14.0 Å². The number of fused-ring (bicyclic) bond motifs is 4. The summed E-state index contributed by atoms with van der Waals surface area (Å²) in [7, 11) is 0. The van der Waals surface area contributed by atoms with E-state index < -0.39 is 6.04 Å². The highest BCUT2D eigenvalue weighted by Crippen LogP contribution is 2.42. The molecule has 0 aliphatic carbocycles. The minimum Gasteiger partial charge on any atom is -0.356 e. The van der Waals surface area contributed by atoms with Crippen LogP contribution < -0.4 is 0 Å². The van der Waals surface area contributed by atoms with Crippen LogP contribution in [-0.4, -0.2) is 45.7 Å². The van der Waals surface area contributed by atoms with Crippen molar-refractivity contribution in [2.45, 2.75) is 24.9 Å². The van der Waals surface area contributed by atoms with Gasteiger partial charge in [0.25, 0.3) is 0 Å². The highest BCUT2D eigenvalue weighted by molar-refractivity contribution is 5.97. The molecule has 1 aromatic heterocycles. The molecule has 6 heteroatoms. The fraction of sp³-hybridized carbons (Fsp3) is 0.214. The number of hydrogen-bond donors (Lipinski definition) is 1. The lowest BCUT2D eigenvalue weighted by atomic mass is 9.86. The Balaban J connectivity index is 1.37. The third-order valence-corrected chi connectivity index (χ3v) is 7.04. The number of rotatable bonds is 4. The van der Waals surface area contributed by atoms with Crippen LogP contribution in [0.4, 0.5) is 4.39 Å². The molecular formula is C28H24FN3O2. The predicted octanol–water partition coefficient (Wildman–Crippen LogP) is 4.23. The van der Waals surface area contributed by atoms with E-state index in [1.54, 1.807) is 21.9 Å². The monoisotopic (exact) mass is 453 g/mol. The number of H-pyrrole nitrogens is 1. The molecule has 2 aliphatic heterocycles. The molecule has 4 aromatic rings. The number of amides is 2. The smallest absolute Gasteiger partial charge is 0.246 e. The molecule has 1 saturated heterocycles. The summed E-state index contributed by atoms with van der Waals surface area (Å²) in [5, 5.41) is 1.10. The standard InChI is InChI=1S/C28H24FN3O2/c29-20-12-10-18(11-13-20)14-15-31-17-25(33)32-24(28(31)34)16-22-21-8-4-5-9-23(21)30-26(22)27(32)19-6-2-1-3-7-19/h1-13,24,27,30H,14-17H2. The van der Waals surface area contributed by atoms with Gasteiger partial charge in [0, 0.05) is 29.6 Å². The van der Waals surface area contributed by atoms with Crippen LogP contribution in [0.1, 0.15) is 28.4 Å². The lowest BCUT2D eigenvalue weighted by molar-refractivity contribution is -0.158. The van der Waals surface area contributed by atoms with Gasteiger partial charge in [-0.25, -0.2) is 4.39 Å². The molecule has 0 spiro atoms. The van der Waals surface area contributed by atoms with Crippen LogP contribution in [0.5, 0.6) is 0 Å². The van der Waals surface area contributed by atoms with E-state index in [0.29, 0.717) is 19.4 Å². The van der Waals surface area contributed by atoms with Crippen molar-refractivity contribution in [2.75, 3.05) is 13.1 Å². The molecule has 2 unspecified atom stereocenters. The van der Waals surface area contributed by atoms with Crippen LogP contribution in [0.15, 0.2) is 78.9 Å². The number of halogens is 1. The van der Waals surface area contributed by atoms with Crippen molar-refractivity contribution < 1.29 is 14.0 Å². The second-order valence-electron chi connectivity index (χ2n) is 9.03. The van der Waals surface area contributed by atoms with Gasteiger partial charge in [0.05, 0.1) is 12.6 Å². The van der Waals surface area contributed by atoms with Crippen LogP contribution in [0.25, 0.3) is 10.9 Å². The maximum atomic E-state index is 13.7. The highest BCUT2D eigenvalue weighted by atomic mass is 19.1. The van der Waals surface area contributed by atoms with Gasteiger partial charge in [-0.1, -0.05) is 60.7 Å². The second-order valence-corrected chi connectivity index (χ2v) is 9.03. The zero-order valence-electron chi connectivity index (χ0n) is 18.6. The molecule has 5 nitrogen and oxygen atoms in total. The Morgan fingerprint density at radius 1 is 0.912 bits per heavy atom. The van der Waals surface area contributed by atoms with E-state index in [0.717, 1.165) is 33.3 Å². The first-order valence-corrected chi connectivity index (χ1v) is 11.6. The van der Waals surface area contributed by atoms with Crippen molar-refractivity contribution in [3.63, 3.8) is 0 Å². The molecule has 2 aliphatic rings. The summed E-state index contributed by atoms with van der Waals surface area (Å²) < 4.78 is 13.2. The summed E-state index contributed by atoms with van der Waals surface area (Å²) in [5.74, 6) is -0.368. The van der Waals surface area contributed by atoms with Gasteiger partial charge in [-0.3, -0.25) is 9.59 Å². The van der Waals surface area contributed by atoms with Gasteiger partial charge in [-0.05, 0) is 41.3 Å². The quantitative estimate of drug-likeness (QED) is 0.503. The van der Waals surface area contributed by atoms with Crippen LogP contribution >= 0.6 is 0 Å². The average molecular weight is 454 g/mol. The first-order chi connectivity index (χ1) is 16.6. The van der Waals surface area contributed by atoms with Gasteiger partial charge >= 0.3 is 0 Å². The Labute approximate surface area is 196 Å². The van der Waals surface area contributed by atoms with Crippen molar-refractivity contribution in [1.29, 1.82) is 0 Å². The van der Waals surface area contributed by atoms with Crippen LogP contribution in [-0.2, 0) is 22.4 Å². The van der Waals surface area contributed by atoms with Crippen LogP contribution in [0.2, 0.25) is 0 Å². The van der Waals surface area contributed by atoms with Crippen LogP contribution in [0.3, 0.4) is 0 Å². The maximum Gasteiger partial charge on any atom is 0.246 e. The third kappa shape index (κ3) is 3.37. The molecule has 1 fully saturated rings. The number of nitrogens with zero attached hydrogens (tertiary/aromatic N) is 2. The minimum atomic E-state index is -0.550. The first kappa shape index (κ1) is 20.7. The molecule has 6 rings (SSSR count). The molecule has 170 valence electrons. The fourth-order valence-corrected chi connectivity index (χ4v) is 5.41. The molecule has 0 bridgehead atoms. The van der Waals surface area contributed by atoms with Gasteiger partial charge < -0.3 is 14.8 Å². The van der Waals surface area contributed by atoms with Crippen molar-refractivity contribution in [2.24, 2.45) is 0 Å². The fourth-order valence-electron chi connectivity index (χ4n) is 5.41. The Hall–Kier alpha value is -3.93. The number of aromatic amines is 1. The maximum absolute atomic E-state index is 13.7. The van der Waals surface area contributed by atoms with Gasteiger partial charge in [0.2, 0.25) is 11.8 Å². The Morgan fingerprint density at radius 3 is 2.44 bits per heavy atom. The molecule has 0 saturated carbocycles. The molecule has 0 radical (unpaired) electrons. The summed E-state index contributed by atoms with van der Waals surface area (Å²) in [6.07, 6.45) is 1.06. The minimum absolute atomic E-state index is 0.0291. The van der Waals surface area contributed by atoms with Crippen LogP contribution in [0, 0.1) is 5.82 Å². The number of nitrogens with one attached hydrogen (secondary N) is 1. The normalized spacial score (nSPS) is 19.9. The Morgan fingerprint density at radius 2 is 1.65 bits per heavy atom. The number of aromatic nitrogens is 1.